The molecule has 1 heterocycles. The van der Waals surface area contributed by atoms with Crippen molar-refractivity contribution in [1.29, 1.82) is 5.26 Å². The van der Waals surface area contributed by atoms with Crippen molar-refractivity contribution in [3.8, 4) is 6.07 Å². The van der Waals surface area contributed by atoms with Crippen LogP contribution in [0, 0.1) is 17.2 Å². The first-order valence-corrected chi connectivity index (χ1v) is 4.46. The molecular formula is C9H14N2O. The third kappa shape index (κ3) is 2.23. The highest BCUT2D eigenvalue weighted by Crippen LogP contribution is 2.14. The second kappa shape index (κ2) is 4.76. The summed E-state index contributed by atoms with van der Waals surface area (Å²) in [5.74, 6) is -0.0816. The summed E-state index contributed by atoms with van der Waals surface area (Å²) in [7, 11) is 0. The fourth-order valence-corrected chi connectivity index (χ4v) is 1.24. The van der Waals surface area contributed by atoms with E-state index in [0.717, 1.165) is 18.6 Å². The lowest BCUT2D eigenvalue weighted by atomic mass is 10.0. The highest BCUT2D eigenvalue weighted by molar-refractivity contribution is 5.89. The van der Waals surface area contributed by atoms with Gasteiger partial charge in [-0.3, -0.25) is 0 Å². The third-order valence-electron chi connectivity index (χ3n) is 2.02. The van der Waals surface area contributed by atoms with Gasteiger partial charge in [0.2, 0.25) is 0 Å². The number of hydrogen-bond acceptors (Lipinski definition) is 3. The Morgan fingerprint density at radius 1 is 1.67 bits per heavy atom. The van der Waals surface area contributed by atoms with E-state index in [1.807, 2.05) is 0 Å². The molecule has 0 amide bonds. The van der Waals surface area contributed by atoms with E-state index in [1.165, 1.54) is 12.8 Å². The van der Waals surface area contributed by atoms with Gasteiger partial charge in [-0.25, -0.2) is 0 Å². The summed E-state index contributed by atoms with van der Waals surface area (Å²) in [4.78, 5) is 4.86. The van der Waals surface area contributed by atoms with Gasteiger partial charge < -0.3 is 4.84 Å². The van der Waals surface area contributed by atoms with Crippen molar-refractivity contribution in [1.82, 2.24) is 0 Å². The number of rotatable bonds is 4. The number of nitriles is 1. The van der Waals surface area contributed by atoms with Crippen LogP contribution in [-0.4, -0.2) is 12.3 Å². The molecule has 1 rings (SSSR count). The Bertz CT molecular complexity index is 205. The summed E-state index contributed by atoms with van der Waals surface area (Å²) in [6.45, 7) is 2.62. The van der Waals surface area contributed by atoms with Crippen molar-refractivity contribution in [3.63, 3.8) is 0 Å². The average Bonchev–Trinajstić information content (AvgIpc) is 2.52. The first-order valence-electron chi connectivity index (χ1n) is 4.46. The zero-order valence-electron chi connectivity index (χ0n) is 7.42. The summed E-state index contributed by atoms with van der Waals surface area (Å²) >= 11 is 0. The van der Waals surface area contributed by atoms with E-state index < -0.39 is 0 Å². The molecule has 1 unspecified atom stereocenters. The Morgan fingerprint density at radius 3 is 3.17 bits per heavy atom. The van der Waals surface area contributed by atoms with Crippen LogP contribution in [0.4, 0.5) is 0 Å². The summed E-state index contributed by atoms with van der Waals surface area (Å²) < 4.78 is 0. The normalized spacial score (nSPS) is 21.3. The van der Waals surface area contributed by atoms with Gasteiger partial charge in [-0.2, -0.15) is 5.26 Å². The van der Waals surface area contributed by atoms with Gasteiger partial charge >= 0.3 is 0 Å². The molecular weight excluding hydrogens is 152 g/mol. The Balaban J connectivity index is 2.27. The predicted octanol–water partition coefficient (Wildman–Crippen LogP) is 2.09. The van der Waals surface area contributed by atoms with Crippen LogP contribution in [0.25, 0.3) is 0 Å². The van der Waals surface area contributed by atoms with E-state index in [9.17, 15) is 0 Å². The summed E-state index contributed by atoms with van der Waals surface area (Å²) in [6.07, 6.45) is 4.45. The van der Waals surface area contributed by atoms with Crippen LogP contribution in [0.5, 0.6) is 0 Å². The van der Waals surface area contributed by atoms with Crippen LogP contribution in [0.15, 0.2) is 5.16 Å². The molecule has 0 aliphatic carbocycles. The van der Waals surface area contributed by atoms with Crippen LogP contribution in [0.3, 0.4) is 0 Å². The van der Waals surface area contributed by atoms with Crippen molar-refractivity contribution in [2.45, 2.75) is 32.6 Å². The standard InChI is InChI=1S/C9H14N2O/c1-2-3-4-5-9-8(6-10)7-12-11-9/h8H,2-5,7H2,1H3. The average molecular weight is 166 g/mol. The molecule has 0 N–H and O–H groups in total. The topological polar surface area (TPSA) is 45.4 Å². The van der Waals surface area contributed by atoms with Crippen LogP contribution in [-0.2, 0) is 4.84 Å². The number of nitrogens with zero attached hydrogens (tertiary/aromatic N) is 2. The molecule has 0 saturated carbocycles. The lowest BCUT2D eigenvalue weighted by Gasteiger charge is -1.99. The minimum absolute atomic E-state index is 0.0816. The van der Waals surface area contributed by atoms with Gasteiger partial charge in [0.1, 0.15) is 12.5 Å². The number of unbranched alkanes of at least 4 members (excludes halogenated alkanes) is 2. The summed E-state index contributed by atoms with van der Waals surface area (Å²) in [5, 5.41) is 12.5. The molecule has 0 spiro atoms. The maximum Gasteiger partial charge on any atom is 0.138 e. The molecule has 1 atom stereocenters. The molecule has 0 saturated heterocycles. The van der Waals surface area contributed by atoms with E-state index >= 15 is 0 Å². The molecule has 0 fully saturated rings. The SMILES string of the molecule is CCCCCC1=NOCC1C#N. The van der Waals surface area contributed by atoms with Crippen molar-refractivity contribution in [2.75, 3.05) is 6.61 Å². The highest BCUT2D eigenvalue weighted by Gasteiger charge is 2.21. The number of hydrogen-bond donors (Lipinski definition) is 0. The van der Waals surface area contributed by atoms with Gasteiger partial charge in [0.15, 0.2) is 0 Å². The molecule has 0 bridgehead atoms. The van der Waals surface area contributed by atoms with Crippen molar-refractivity contribution in [3.05, 3.63) is 0 Å². The van der Waals surface area contributed by atoms with Gasteiger partial charge in [0, 0.05) is 0 Å². The fourth-order valence-electron chi connectivity index (χ4n) is 1.24. The van der Waals surface area contributed by atoms with Crippen LogP contribution >= 0.6 is 0 Å². The summed E-state index contributed by atoms with van der Waals surface area (Å²) in [6, 6.07) is 2.19. The molecule has 3 heteroatoms. The summed E-state index contributed by atoms with van der Waals surface area (Å²) in [5.41, 5.74) is 0.936. The first-order chi connectivity index (χ1) is 5.88. The van der Waals surface area contributed by atoms with E-state index in [1.54, 1.807) is 0 Å². The molecule has 3 nitrogen and oxygen atoms in total. The molecule has 1 aliphatic heterocycles. The van der Waals surface area contributed by atoms with E-state index in [0.29, 0.717) is 6.61 Å². The zero-order valence-corrected chi connectivity index (χ0v) is 7.42. The molecule has 12 heavy (non-hydrogen) atoms. The maximum absolute atomic E-state index is 8.68. The van der Waals surface area contributed by atoms with Crippen LogP contribution < -0.4 is 0 Å². The zero-order chi connectivity index (χ0) is 8.81. The first kappa shape index (κ1) is 9.05. The molecule has 1 aliphatic rings. The Kier molecular flexibility index (Phi) is 3.59. The smallest absolute Gasteiger partial charge is 0.138 e. The second-order valence-corrected chi connectivity index (χ2v) is 3.02. The maximum atomic E-state index is 8.68. The minimum atomic E-state index is -0.0816. The Morgan fingerprint density at radius 2 is 2.50 bits per heavy atom. The highest BCUT2D eigenvalue weighted by atomic mass is 16.6. The lowest BCUT2D eigenvalue weighted by molar-refractivity contribution is 0.163. The number of oxime groups is 1. The van der Waals surface area contributed by atoms with E-state index in [4.69, 9.17) is 10.1 Å². The van der Waals surface area contributed by atoms with Crippen molar-refractivity contribution in [2.24, 2.45) is 11.1 Å². The Labute approximate surface area is 73.0 Å². The molecule has 0 radical (unpaired) electrons. The van der Waals surface area contributed by atoms with Gasteiger partial charge in [-0.15, -0.1) is 0 Å². The second-order valence-electron chi connectivity index (χ2n) is 3.02. The van der Waals surface area contributed by atoms with Gasteiger partial charge in [-0.1, -0.05) is 24.9 Å². The third-order valence-corrected chi connectivity index (χ3v) is 2.02. The van der Waals surface area contributed by atoms with Crippen molar-refractivity contribution < 1.29 is 4.84 Å². The largest absolute Gasteiger partial charge is 0.394 e. The van der Waals surface area contributed by atoms with Gasteiger partial charge in [0.05, 0.1) is 11.8 Å². The van der Waals surface area contributed by atoms with Crippen molar-refractivity contribution >= 4 is 5.71 Å². The fraction of sp³-hybridized carbons (Fsp3) is 0.778. The quantitative estimate of drug-likeness (QED) is 0.600. The van der Waals surface area contributed by atoms with E-state index in [2.05, 4.69) is 18.1 Å². The predicted molar refractivity (Wildman–Crippen MR) is 46.6 cm³/mol. The monoisotopic (exact) mass is 166 g/mol. The van der Waals surface area contributed by atoms with E-state index in [-0.39, 0.29) is 5.92 Å². The molecule has 66 valence electrons. The van der Waals surface area contributed by atoms with Crippen LogP contribution in [0.2, 0.25) is 0 Å². The van der Waals surface area contributed by atoms with Gasteiger partial charge in [0.25, 0.3) is 0 Å². The van der Waals surface area contributed by atoms with Crippen LogP contribution in [0.1, 0.15) is 32.6 Å². The Hall–Kier alpha value is -1.04. The lowest BCUT2D eigenvalue weighted by Crippen LogP contribution is -2.10. The molecule has 0 aromatic heterocycles. The molecule has 0 aromatic carbocycles. The minimum Gasteiger partial charge on any atom is -0.394 e. The molecule has 0 aromatic rings. The van der Waals surface area contributed by atoms with Gasteiger partial charge in [-0.05, 0) is 12.8 Å².